The van der Waals surface area contributed by atoms with Crippen molar-refractivity contribution in [1.29, 1.82) is 0 Å². The van der Waals surface area contributed by atoms with Crippen LogP contribution in [0, 0.1) is 5.92 Å². The van der Waals surface area contributed by atoms with E-state index in [1.54, 1.807) is 6.08 Å². The van der Waals surface area contributed by atoms with Crippen LogP contribution in [0.2, 0.25) is 0 Å². The van der Waals surface area contributed by atoms with Gasteiger partial charge in [0.15, 0.2) is 0 Å². The number of nitrogens with one attached hydrogen (secondary N) is 1. The zero-order valence-corrected chi connectivity index (χ0v) is 14.3. The molecule has 0 bridgehead atoms. The number of piperidine rings is 1. The Balaban J connectivity index is 1.35. The van der Waals surface area contributed by atoms with Crippen LogP contribution in [0.3, 0.4) is 0 Å². The molecule has 1 amide bonds. The molecule has 0 spiro atoms. The van der Waals surface area contributed by atoms with Crippen LogP contribution in [-0.4, -0.2) is 49.7 Å². The Labute approximate surface area is 144 Å². The number of rotatable bonds is 5. The van der Waals surface area contributed by atoms with Crippen LogP contribution < -0.4 is 5.32 Å². The number of benzene rings is 1. The summed E-state index contributed by atoms with van der Waals surface area (Å²) in [6.07, 6.45) is 8.20. The van der Waals surface area contributed by atoms with Crippen molar-refractivity contribution in [3.8, 4) is 0 Å². The standard InChI is InChI=1S/C20H28N2O2/c23-20(7-6-17-4-2-1-3-5-17)21-16-18-8-12-22(13-9-18)19-10-14-24-15-11-19/h1-7,18-19H,8-16H2,(H,21,23). The molecule has 1 aromatic rings. The lowest BCUT2D eigenvalue weighted by Gasteiger charge is -2.39. The molecular weight excluding hydrogens is 300 g/mol. The molecule has 2 heterocycles. The topological polar surface area (TPSA) is 41.6 Å². The lowest BCUT2D eigenvalue weighted by atomic mass is 9.94. The summed E-state index contributed by atoms with van der Waals surface area (Å²) in [6.45, 7) is 4.93. The fourth-order valence-corrected chi connectivity index (χ4v) is 3.61. The van der Waals surface area contributed by atoms with Gasteiger partial charge in [-0.15, -0.1) is 0 Å². The molecule has 4 heteroatoms. The summed E-state index contributed by atoms with van der Waals surface area (Å²) in [6, 6.07) is 10.6. The fourth-order valence-electron chi connectivity index (χ4n) is 3.61. The molecule has 4 nitrogen and oxygen atoms in total. The van der Waals surface area contributed by atoms with Gasteiger partial charge in [-0.1, -0.05) is 30.3 Å². The number of likely N-dealkylation sites (tertiary alicyclic amines) is 1. The summed E-state index contributed by atoms with van der Waals surface area (Å²) in [5.41, 5.74) is 1.05. The van der Waals surface area contributed by atoms with E-state index in [4.69, 9.17) is 4.74 Å². The van der Waals surface area contributed by atoms with E-state index in [1.807, 2.05) is 36.4 Å². The predicted molar refractivity (Wildman–Crippen MR) is 96.6 cm³/mol. The second-order valence-electron chi connectivity index (χ2n) is 6.81. The molecule has 0 aliphatic carbocycles. The third kappa shape index (κ3) is 5.18. The van der Waals surface area contributed by atoms with E-state index in [1.165, 1.54) is 25.7 Å². The Hall–Kier alpha value is -1.65. The van der Waals surface area contributed by atoms with Crippen LogP contribution in [0.1, 0.15) is 31.2 Å². The highest BCUT2D eigenvalue weighted by molar-refractivity contribution is 5.91. The van der Waals surface area contributed by atoms with Crippen molar-refractivity contribution in [2.24, 2.45) is 5.92 Å². The summed E-state index contributed by atoms with van der Waals surface area (Å²) in [4.78, 5) is 14.6. The number of hydrogen-bond acceptors (Lipinski definition) is 3. The van der Waals surface area contributed by atoms with Gasteiger partial charge >= 0.3 is 0 Å². The molecule has 2 aliphatic heterocycles. The Morgan fingerprint density at radius 1 is 1.12 bits per heavy atom. The quantitative estimate of drug-likeness (QED) is 0.845. The molecule has 0 aromatic heterocycles. The molecule has 0 unspecified atom stereocenters. The van der Waals surface area contributed by atoms with Crippen molar-refractivity contribution >= 4 is 12.0 Å². The SMILES string of the molecule is O=C(C=Cc1ccccc1)NCC1CCN(C2CCOCC2)CC1. The van der Waals surface area contributed by atoms with Gasteiger partial charge in [-0.05, 0) is 56.3 Å². The monoisotopic (exact) mass is 328 g/mol. The number of hydrogen-bond donors (Lipinski definition) is 1. The van der Waals surface area contributed by atoms with Crippen LogP contribution in [0.4, 0.5) is 0 Å². The molecule has 1 N–H and O–H groups in total. The van der Waals surface area contributed by atoms with Gasteiger partial charge in [0.25, 0.3) is 0 Å². The summed E-state index contributed by atoms with van der Waals surface area (Å²) in [7, 11) is 0. The van der Waals surface area contributed by atoms with E-state index in [2.05, 4.69) is 10.2 Å². The van der Waals surface area contributed by atoms with Crippen LogP contribution in [-0.2, 0) is 9.53 Å². The van der Waals surface area contributed by atoms with E-state index in [0.29, 0.717) is 12.0 Å². The highest BCUT2D eigenvalue weighted by atomic mass is 16.5. The molecule has 3 rings (SSSR count). The maximum atomic E-state index is 11.9. The number of ether oxygens (including phenoxy) is 1. The van der Waals surface area contributed by atoms with E-state index in [-0.39, 0.29) is 5.91 Å². The average Bonchev–Trinajstić information content (AvgIpc) is 2.67. The molecule has 24 heavy (non-hydrogen) atoms. The number of carbonyl (C=O) groups is 1. The zero-order chi connectivity index (χ0) is 16.6. The predicted octanol–water partition coefficient (Wildman–Crippen LogP) is 2.71. The van der Waals surface area contributed by atoms with E-state index in [9.17, 15) is 4.79 Å². The Bertz CT molecular complexity index is 530. The van der Waals surface area contributed by atoms with Gasteiger partial charge in [0.1, 0.15) is 0 Å². The summed E-state index contributed by atoms with van der Waals surface area (Å²) < 4.78 is 5.45. The van der Waals surface area contributed by atoms with E-state index in [0.717, 1.165) is 38.4 Å². The minimum Gasteiger partial charge on any atom is -0.381 e. The Kier molecular flexibility index (Phi) is 6.44. The molecule has 1 aromatic carbocycles. The summed E-state index contributed by atoms with van der Waals surface area (Å²) in [5, 5.41) is 3.05. The van der Waals surface area contributed by atoms with Crippen molar-refractivity contribution in [3.05, 3.63) is 42.0 Å². The first kappa shape index (κ1) is 17.2. The first-order valence-electron chi connectivity index (χ1n) is 9.14. The second kappa shape index (κ2) is 9.00. The zero-order valence-electron chi connectivity index (χ0n) is 14.3. The van der Waals surface area contributed by atoms with Gasteiger partial charge in [-0.25, -0.2) is 0 Å². The summed E-state index contributed by atoms with van der Waals surface area (Å²) >= 11 is 0. The smallest absolute Gasteiger partial charge is 0.244 e. The van der Waals surface area contributed by atoms with Gasteiger partial charge in [0.05, 0.1) is 0 Å². The van der Waals surface area contributed by atoms with Crippen LogP contribution >= 0.6 is 0 Å². The van der Waals surface area contributed by atoms with Crippen molar-refractivity contribution in [2.45, 2.75) is 31.7 Å². The summed E-state index contributed by atoms with van der Waals surface area (Å²) in [5.74, 6) is 0.612. The normalized spacial score (nSPS) is 21.2. The van der Waals surface area contributed by atoms with Crippen molar-refractivity contribution in [2.75, 3.05) is 32.8 Å². The van der Waals surface area contributed by atoms with Crippen molar-refractivity contribution < 1.29 is 9.53 Å². The fraction of sp³-hybridized carbons (Fsp3) is 0.550. The molecule has 0 radical (unpaired) electrons. The maximum absolute atomic E-state index is 11.9. The third-order valence-corrected chi connectivity index (χ3v) is 5.15. The molecule has 0 saturated carbocycles. The largest absolute Gasteiger partial charge is 0.381 e. The number of carbonyl (C=O) groups excluding carboxylic acids is 1. The highest BCUT2D eigenvalue weighted by Gasteiger charge is 2.26. The van der Waals surface area contributed by atoms with Gasteiger partial charge in [-0.3, -0.25) is 4.79 Å². The first-order valence-corrected chi connectivity index (χ1v) is 9.14. The molecule has 130 valence electrons. The third-order valence-electron chi connectivity index (χ3n) is 5.15. The molecule has 0 atom stereocenters. The lowest BCUT2D eigenvalue weighted by molar-refractivity contribution is -0.116. The minimum absolute atomic E-state index is 0.00529. The number of nitrogens with zero attached hydrogens (tertiary/aromatic N) is 1. The Morgan fingerprint density at radius 2 is 1.83 bits per heavy atom. The second-order valence-corrected chi connectivity index (χ2v) is 6.81. The van der Waals surface area contributed by atoms with Crippen molar-refractivity contribution in [3.63, 3.8) is 0 Å². The van der Waals surface area contributed by atoms with Crippen LogP contribution in [0.5, 0.6) is 0 Å². The number of amides is 1. The molecule has 2 saturated heterocycles. The van der Waals surface area contributed by atoms with E-state index < -0.39 is 0 Å². The lowest BCUT2D eigenvalue weighted by Crippen LogP contribution is -2.45. The minimum atomic E-state index is 0.00529. The average molecular weight is 328 g/mol. The van der Waals surface area contributed by atoms with Gasteiger partial charge in [-0.2, -0.15) is 0 Å². The van der Waals surface area contributed by atoms with Crippen LogP contribution in [0.15, 0.2) is 36.4 Å². The molecular formula is C20H28N2O2. The van der Waals surface area contributed by atoms with Gasteiger partial charge in [0.2, 0.25) is 5.91 Å². The van der Waals surface area contributed by atoms with Gasteiger partial charge in [0, 0.05) is 31.9 Å². The van der Waals surface area contributed by atoms with Crippen molar-refractivity contribution in [1.82, 2.24) is 10.2 Å². The van der Waals surface area contributed by atoms with Crippen LogP contribution in [0.25, 0.3) is 6.08 Å². The van der Waals surface area contributed by atoms with E-state index >= 15 is 0 Å². The Morgan fingerprint density at radius 3 is 2.54 bits per heavy atom. The first-order chi connectivity index (χ1) is 11.8. The van der Waals surface area contributed by atoms with Gasteiger partial charge < -0.3 is 15.0 Å². The molecule has 2 fully saturated rings. The maximum Gasteiger partial charge on any atom is 0.244 e. The molecule has 2 aliphatic rings. The highest BCUT2D eigenvalue weighted by Crippen LogP contribution is 2.22.